The third-order valence-electron chi connectivity index (χ3n) is 4.24. The van der Waals surface area contributed by atoms with Crippen LogP contribution in [-0.4, -0.2) is 20.2 Å². The number of halogens is 2. The van der Waals surface area contributed by atoms with E-state index < -0.39 is 11.6 Å². The molecule has 0 aliphatic heterocycles. The zero-order valence-electron chi connectivity index (χ0n) is 11.8. The molecular weight excluding hydrogens is 276 g/mol. The SMILES string of the molecule is CC1(n2nnnc2-c2cc(F)c(F)cc2N)CCCCC1. The van der Waals surface area contributed by atoms with Crippen molar-refractivity contribution in [1.29, 1.82) is 0 Å². The van der Waals surface area contributed by atoms with E-state index in [0.717, 1.165) is 37.8 Å². The van der Waals surface area contributed by atoms with Crippen molar-refractivity contribution < 1.29 is 8.78 Å². The molecule has 0 unspecified atom stereocenters. The summed E-state index contributed by atoms with van der Waals surface area (Å²) in [7, 11) is 0. The smallest absolute Gasteiger partial charge is 0.184 e. The van der Waals surface area contributed by atoms with Gasteiger partial charge >= 0.3 is 0 Å². The molecule has 7 heteroatoms. The highest BCUT2D eigenvalue weighted by Crippen LogP contribution is 2.37. The Kier molecular flexibility index (Phi) is 3.35. The van der Waals surface area contributed by atoms with Crippen LogP contribution in [0.3, 0.4) is 0 Å². The fourth-order valence-electron chi connectivity index (χ4n) is 3.00. The molecule has 0 radical (unpaired) electrons. The summed E-state index contributed by atoms with van der Waals surface area (Å²) in [5.41, 5.74) is 6.05. The Morgan fingerprint density at radius 1 is 1.14 bits per heavy atom. The summed E-state index contributed by atoms with van der Waals surface area (Å²) >= 11 is 0. The van der Waals surface area contributed by atoms with E-state index in [1.165, 1.54) is 6.42 Å². The first-order valence-electron chi connectivity index (χ1n) is 7.05. The van der Waals surface area contributed by atoms with Crippen molar-refractivity contribution in [2.75, 3.05) is 5.73 Å². The van der Waals surface area contributed by atoms with Gasteiger partial charge in [-0.1, -0.05) is 19.3 Å². The van der Waals surface area contributed by atoms with E-state index in [2.05, 4.69) is 22.4 Å². The Labute approximate surface area is 121 Å². The first-order valence-corrected chi connectivity index (χ1v) is 7.05. The van der Waals surface area contributed by atoms with E-state index in [0.29, 0.717) is 11.4 Å². The number of anilines is 1. The summed E-state index contributed by atoms with van der Waals surface area (Å²) in [4.78, 5) is 0. The molecule has 1 aromatic carbocycles. The molecule has 5 nitrogen and oxygen atoms in total. The molecule has 0 atom stereocenters. The zero-order chi connectivity index (χ0) is 15.0. The van der Waals surface area contributed by atoms with E-state index in [-0.39, 0.29) is 11.2 Å². The summed E-state index contributed by atoms with van der Waals surface area (Å²) in [5, 5.41) is 11.7. The van der Waals surface area contributed by atoms with Crippen molar-refractivity contribution in [3.05, 3.63) is 23.8 Å². The van der Waals surface area contributed by atoms with Gasteiger partial charge in [0, 0.05) is 17.3 Å². The number of nitrogens with zero attached hydrogens (tertiary/aromatic N) is 4. The van der Waals surface area contributed by atoms with Crippen LogP contribution in [0.25, 0.3) is 11.4 Å². The lowest BCUT2D eigenvalue weighted by Crippen LogP contribution is -2.34. The summed E-state index contributed by atoms with van der Waals surface area (Å²) < 4.78 is 28.4. The Hall–Kier alpha value is -2.05. The molecule has 1 saturated carbocycles. The molecule has 2 aromatic rings. The maximum Gasteiger partial charge on any atom is 0.184 e. The van der Waals surface area contributed by atoms with Crippen molar-refractivity contribution in [3.63, 3.8) is 0 Å². The minimum absolute atomic E-state index is 0.129. The van der Waals surface area contributed by atoms with Gasteiger partial charge in [0.25, 0.3) is 0 Å². The van der Waals surface area contributed by atoms with Crippen molar-refractivity contribution in [2.24, 2.45) is 0 Å². The Balaban J connectivity index is 2.09. The molecule has 0 bridgehead atoms. The number of nitrogen functional groups attached to an aromatic ring is 1. The maximum atomic E-state index is 13.5. The van der Waals surface area contributed by atoms with Crippen LogP contribution in [0.2, 0.25) is 0 Å². The summed E-state index contributed by atoms with van der Waals surface area (Å²) in [6, 6.07) is 2.02. The van der Waals surface area contributed by atoms with Crippen LogP contribution in [0, 0.1) is 11.6 Å². The Morgan fingerprint density at radius 3 is 2.52 bits per heavy atom. The lowest BCUT2D eigenvalue weighted by Gasteiger charge is -2.34. The molecule has 1 aliphatic carbocycles. The molecule has 112 valence electrons. The second-order valence-electron chi connectivity index (χ2n) is 5.83. The topological polar surface area (TPSA) is 69.6 Å². The van der Waals surface area contributed by atoms with E-state index in [4.69, 9.17) is 5.73 Å². The van der Waals surface area contributed by atoms with Gasteiger partial charge in [-0.3, -0.25) is 0 Å². The van der Waals surface area contributed by atoms with Gasteiger partial charge in [-0.25, -0.2) is 13.5 Å². The normalized spacial score (nSPS) is 17.9. The van der Waals surface area contributed by atoms with Crippen molar-refractivity contribution in [1.82, 2.24) is 20.2 Å². The van der Waals surface area contributed by atoms with Crippen LogP contribution in [0.5, 0.6) is 0 Å². The maximum absolute atomic E-state index is 13.5. The third-order valence-corrected chi connectivity index (χ3v) is 4.24. The monoisotopic (exact) mass is 293 g/mol. The van der Waals surface area contributed by atoms with E-state index in [9.17, 15) is 8.78 Å². The number of rotatable bonds is 2. The fraction of sp³-hybridized carbons (Fsp3) is 0.500. The molecular formula is C14H17F2N5. The second kappa shape index (κ2) is 5.05. The molecule has 3 rings (SSSR count). The highest BCUT2D eigenvalue weighted by Gasteiger charge is 2.33. The number of benzene rings is 1. The first-order chi connectivity index (χ1) is 10.0. The standard InChI is InChI=1S/C14H17F2N5/c1-14(5-3-2-4-6-14)21-13(18-19-20-21)9-7-10(15)11(16)8-12(9)17/h7-8H,2-6,17H2,1H3. The number of nitrogens with two attached hydrogens (primary N) is 1. The second-order valence-corrected chi connectivity index (χ2v) is 5.83. The predicted octanol–water partition coefficient (Wildman–Crippen LogP) is 2.88. The average molecular weight is 293 g/mol. The number of tetrazole rings is 1. The van der Waals surface area contributed by atoms with Crippen LogP contribution in [0.15, 0.2) is 12.1 Å². The van der Waals surface area contributed by atoms with Crippen LogP contribution in [0.1, 0.15) is 39.0 Å². The van der Waals surface area contributed by atoms with Crippen molar-refractivity contribution in [3.8, 4) is 11.4 Å². The van der Waals surface area contributed by atoms with E-state index >= 15 is 0 Å². The Bertz CT molecular complexity index is 661. The summed E-state index contributed by atoms with van der Waals surface area (Å²) in [6.45, 7) is 2.09. The van der Waals surface area contributed by atoms with Gasteiger partial charge in [-0.15, -0.1) is 5.10 Å². The number of hydrogen-bond acceptors (Lipinski definition) is 4. The fourth-order valence-corrected chi connectivity index (χ4v) is 3.00. The molecule has 2 N–H and O–H groups in total. The van der Waals surface area contributed by atoms with E-state index in [1.54, 1.807) is 4.68 Å². The van der Waals surface area contributed by atoms with Gasteiger partial charge in [0.1, 0.15) is 0 Å². The molecule has 0 spiro atoms. The molecule has 1 aromatic heterocycles. The minimum Gasteiger partial charge on any atom is -0.398 e. The highest BCUT2D eigenvalue weighted by molar-refractivity contribution is 5.71. The van der Waals surface area contributed by atoms with Crippen LogP contribution >= 0.6 is 0 Å². The summed E-state index contributed by atoms with van der Waals surface area (Å²) in [5.74, 6) is -1.54. The van der Waals surface area contributed by atoms with Gasteiger partial charge < -0.3 is 5.73 Å². The highest BCUT2D eigenvalue weighted by atomic mass is 19.2. The van der Waals surface area contributed by atoms with Gasteiger partial charge in [0.15, 0.2) is 17.5 Å². The molecule has 1 heterocycles. The van der Waals surface area contributed by atoms with Crippen LogP contribution < -0.4 is 5.73 Å². The largest absolute Gasteiger partial charge is 0.398 e. The Morgan fingerprint density at radius 2 is 1.81 bits per heavy atom. The molecule has 1 aliphatic rings. The minimum atomic E-state index is -0.973. The van der Waals surface area contributed by atoms with Gasteiger partial charge in [0.05, 0.1) is 5.54 Å². The van der Waals surface area contributed by atoms with Gasteiger partial charge in [0.2, 0.25) is 0 Å². The van der Waals surface area contributed by atoms with Crippen LogP contribution in [0.4, 0.5) is 14.5 Å². The number of hydrogen-bond donors (Lipinski definition) is 1. The quantitative estimate of drug-likeness (QED) is 0.864. The molecule has 0 saturated heterocycles. The summed E-state index contributed by atoms with van der Waals surface area (Å²) in [6.07, 6.45) is 5.30. The van der Waals surface area contributed by atoms with Crippen molar-refractivity contribution in [2.45, 2.75) is 44.6 Å². The first kappa shape index (κ1) is 13.9. The lowest BCUT2D eigenvalue weighted by atomic mass is 9.83. The third kappa shape index (κ3) is 2.36. The molecule has 21 heavy (non-hydrogen) atoms. The lowest BCUT2D eigenvalue weighted by molar-refractivity contribution is 0.197. The zero-order valence-corrected chi connectivity index (χ0v) is 11.8. The molecule has 1 fully saturated rings. The number of aromatic nitrogens is 4. The molecule has 0 amide bonds. The average Bonchev–Trinajstić information content (AvgIpc) is 2.93. The van der Waals surface area contributed by atoms with Gasteiger partial charge in [-0.2, -0.15) is 0 Å². The van der Waals surface area contributed by atoms with Crippen molar-refractivity contribution >= 4 is 5.69 Å². The van der Waals surface area contributed by atoms with E-state index in [1.807, 2.05) is 0 Å². The van der Waals surface area contributed by atoms with Gasteiger partial charge in [-0.05, 0) is 36.3 Å². The predicted molar refractivity (Wildman–Crippen MR) is 74.3 cm³/mol. The van der Waals surface area contributed by atoms with Crippen LogP contribution in [-0.2, 0) is 5.54 Å².